The van der Waals surface area contributed by atoms with Gasteiger partial charge in [0.15, 0.2) is 0 Å². The third-order valence-electron chi connectivity index (χ3n) is 4.31. The maximum absolute atomic E-state index is 12.5. The van der Waals surface area contributed by atoms with Crippen LogP contribution in [0.4, 0.5) is 10.0 Å². The Morgan fingerprint density at radius 2 is 1.39 bits per heavy atom. The van der Waals surface area contributed by atoms with E-state index in [9.17, 15) is 9.59 Å². The van der Waals surface area contributed by atoms with Gasteiger partial charge >= 0.3 is 0 Å². The average molecular weight is 416 g/mol. The summed E-state index contributed by atoms with van der Waals surface area (Å²) < 4.78 is 0. The molecule has 0 bridgehead atoms. The van der Waals surface area contributed by atoms with E-state index in [1.807, 2.05) is 32.9 Å². The van der Waals surface area contributed by atoms with Crippen LogP contribution in [0.5, 0.6) is 0 Å². The van der Waals surface area contributed by atoms with Gasteiger partial charge in [-0.05, 0) is 35.7 Å². The minimum atomic E-state index is -0.284. The molecule has 28 heavy (non-hydrogen) atoms. The summed E-state index contributed by atoms with van der Waals surface area (Å²) in [5.41, 5.74) is 0.836. The van der Waals surface area contributed by atoms with Gasteiger partial charge in [-0.2, -0.15) is 10.5 Å². The normalized spacial score (nSPS) is 11.7. The Bertz CT molecular complexity index is 851. The highest BCUT2D eigenvalue weighted by molar-refractivity contribution is 7.14. The van der Waals surface area contributed by atoms with Gasteiger partial charge in [-0.15, -0.1) is 22.7 Å². The van der Waals surface area contributed by atoms with Gasteiger partial charge in [-0.25, -0.2) is 0 Å². The number of carbonyl (C=O) groups excluding carboxylic acids is 2. The summed E-state index contributed by atoms with van der Waals surface area (Å²) in [4.78, 5) is 26.8. The first-order valence-electron chi connectivity index (χ1n) is 8.64. The number of amides is 2. The minimum Gasteiger partial charge on any atom is -0.315 e. The second-order valence-corrected chi connectivity index (χ2v) is 8.37. The smallest absolute Gasteiger partial charge is 0.239 e. The lowest BCUT2D eigenvalue weighted by atomic mass is 10.0. The van der Waals surface area contributed by atoms with Gasteiger partial charge in [0.2, 0.25) is 11.8 Å². The van der Waals surface area contributed by atoms with Gasteiger partial charge in [-0.1, -0.05) is 13.8 Å². The van der Waals surface area contributed by atoms with Gasteiger partial charge in [-0.3, -0.25) is 14.5 Å². The molecule has 0 saturated heterocycles. The van der Waals surface area contributed by atoms with Crippen LogP contribution < -0.4 is 10.6 Å². The first-order valence-corrected chi connectivity index (χ1v) is 10.4. The van der Waals surface area contributed by atoms with Crippen molar-refractivity contribution in [2.24, 2.45) is 5.92 Å². The lowest BCUT2D eigenvalue weighted by Gasteiger charge is -2.30. The van der Waals surface area contributed by atoms with E-state index < -0.39 is 0 Å². The SMILES string of the molecule is CC(C)C(C)N(CC(=O)Nc1sccc1C#N)CC(=O)Nc1sccc1C#N. The molecule has 9 heteroatoms. The Morgan fingerprint density at radius 1 is 0.964 bits per heavy atom. The molecule has 0 spiro atoms. The van der Waals surface area contributed by atoms with Crippen LogP contribution >= 0.6 is 22.7 Å². The van der Waals surface area contributed by atoms with Crippen LogP contribution in [0.2, 0.25) is 0 Å². The van der Waals surface area contributed by atoms with Crippen LogP contribution in [0.25, 0.3) is 0 Å². The number of rotatable bonds is 8. The van der Waals surface area contributed by atoms with Gasteiger partial charge in [0.25, 0.3) is 0 Å². The van der Waals surface area contributed by atoms with Crippen LogP contribution in [0.3, 0.4) is 0 Å². The van der Waals surface area contributed by atoms with E-state index in [4.69, 9.17) is 10.5 Å². The molecule has 2 rings (SSSR count). The van der Waals surface area contributed by atoms with Crippen molar-refractivity contribution in [1.82, 2.24) is 4.90 Å². The van der Waals surface area contributed by atoms with E-state index in [0.29, 0.717) is 21.1 Å². The second kappa shape index (κ2) is 10.00. The Morgan fingerprint density at radius 3 is 1.75 bits per heavy atom. The number of hydrogen-bond acceptors (Lipinski definition) is 7. The molecule has 1 unspecified atom stereocenters. The average Bonchev–Trinajstić information content (AvgIpc) is 3.28. The molecule has 146 valence electrons. The summed E-state index contributed by atoms with van der Waals surface area (Å²) in [7, 11) is 0. The highest BCUT2D eigenvalue weighted by Gasteiger charge is 2.23. The lowest BCUT2D eigenvalue weighted by molar-refractivity contribution is -0.121. The highest BCUT2D eigenvalue weighted by Crippen LogP contribution is 2.23. The van der Waals surface area contributed by atoms with Crippen LogP contribution in [-0.2, 0) is 9.59 Å². The number of carbonyl (C=O) groups is 2. The summed E-state index contributed by atoms with van der Waals surface area (Å²) in [5.74, 6) is -0.338. The standard InChI is InChI=1S/C19H21N5O2S2/c1-12(2)13(3)24(10-16(25)22-18-14(8-20)4-6-27-18)11-17(26)23-19-15(9-21)5-7-28-19/h4-7,12-13H,10-11H2,1-3H3,(H,22,25)(H,23,26). The molecule has 0 aliphatic carbocycles. The molecule has 2 amide bonds. The monoisotopic (exact) mass is 415 g/mol. The molecule has 0 fully saturated rings. The Hall–Kier alpha value is -2.72. The molecular weight excluding hydrogens is 394 g/mol. The van der Waals surface area contributed by atoms with Crippen molar-refractivity contribution in [2.75, 3.05) is 23.7 Å². The maximum atomic E-state index is 12.5. The van der Waals surface area contributed by atoms with E-state index in [0.717, 1.165) is 0 Å². The molecular formula is C19H21N5O2S2. The molecule has 2 N–H and O–H groups in total. The van der Waals surface area contributed by atoms with E-state index in [-0.39, 0.29) is 36.9 Å². The topological polar surface area (TPSA) is 109 Å². The Balaban J connectivity index is 2.05. The van der Waals surface area contributed by atoms with Gasteiger partial charge in [0.05, 0.1) is 24.2 Å². The number of hydrogen-bond donors (Lipinski definition) is 2. The van der Waals surface area contributed by atoms with E-state index in [1.54, 1.807) is 27.8 Å². The molecule has 2 aromatic rings. The maximum Gasteiger partial charge on any atom is 0.239 e. The Kier molecular flexibility index (Phi) is 7.70. The quantitative estimate of drug-likeness (QED) is 0.686. The summed E-state index contributed by atoms with van der Waals surface area (Å²) in [6, 6.07) is 7.35. The third-order valence-corrected chi connectivity index (χ3v) is 5.97. The first kappa shape index (κ1) is 21.6. The van der Waals surface area contributed by atoms with Crippen LogP contribution in [0.15, 0.2) is 22.9 Å². The van der Waals surface area contributed by atoms with Crippen LogP contribution in [0.1, 0.15) is 31.9 Å². The van der Waals surface area contributed by atoms with Crippen LogP contribution in [-0.4, -0.2) is 35.8 Å². The molecule has 0 aromatic carbocycles. The molecule has 0 radical (unpaired) electrons. The summed E-state index contributed by atoms with van der Waals surface area (Å²) >= 11 is 2.57. The lowest BCUT2D eigenvalue weighted by Crippen LogP contribution is -2.45. The highest BCUT2D eigenvalue weighted by atomic mass is 32.1. The molecule has 2 heterocycles. The molecule has 0 aliphatic rings. The molecule has 7 nitrogen and oxygen atoms in total. The van der Waals surface area contributed by atoms with Crippen molar-refractivity contribution in [3.63, 3.8) is 0 Å². The van der Waals surface area contributed by atoms with Gasteiger partial charge in [0, 0.05) is 6.04 Å². The van der Waals surface area contributed by atoms with Crippen molar-refractivity contribution < 1.29 is 9.59 Å². The molecule has 1 atom stereocenters. The fourth-order valence-corrected chi connectivity index (χ4v) is 3.96. The summed E-state index contributed by atoms with van der Waals surface area (Å²) in [6.07, 6.45) is 0. The zero-order valence-electron chi connectivity index (χ0n) is 15.9. The number of thiophene rings is 2. The van der Waals surface area contributed by atoms with Crippen molar-refractivity contribution in [1.29, 1.82) is 10.5 Å². The van der Waals surface area contributed by atoms with Crippen molar-refractivity contribution in [2.45, 2.75) is 26.8 Å². The largest absolute Gasteiger partial charge is 0.315 e. The van der Waals surface area contributed by atoms with E-state index >= 15 is 0 Å². The molecule has 0 saturated carbocycles. The summed E-state index contributed by atoms with van der Waals surface area (Å²) in [5, 5.41) is 28.1. The number of nitrogens with zero attached hydrogens (tertiary/aromatic N) is 3. The van der Waals surface area contributed by atoms with Crippen molar-refractivity contribution in [3.05, 3.63) is 34.0 Å². The zero-order valence-corrected chi connectivity index (χ0v) is 17.5. The second-order valence-electron chi connectivity index (χ2n) is 6.54. The van der Waals surface area contributed by atoms with Gasteiger partial charge in [0.1, 0.15) is 22.1 Å². The van der Waals surface area contributed by atoms with Crippen molar-refractivity contribution in [3.8, 4) is 12.1 Å². The van der Waals surface area contributed by atoms with E-state index in [2.05, 4.69) is 10.6 Å². The number of nitrogens with one attached hydrogen (secondary N) is 2. The van der Waals surface area contributed by atoms with Crippen LogP contribution in [0, 0.1) is 28.6 Å². The number of nitriles is 2. The van der Waals surface area contributed by atoms with Crippen molar-refractivity contribution >= 4 is 44.5 Å². The fourth-order valence-electron chi connectivity index (χ4n) is 2.45. The molecule has 2 aromatic heterocycles. The number of anilines is 2. The predicted octanol–water partition coefficient (Wildman–Crippen LogP) is 3.48. The predicted molar refractivity (Wildman–Crippen MR) is 111 cm³/mol. The minimum absolute atomic E-state index is 0.0189. The van der Waals surface area contributed by atoms with Gasteiger partial charge < -0.3 is 10.6 Å². The third kappa shape index (κ3) is 5.64. The zero-order chi connectivity index (χ0) is 20.7. The Labute approximate surface area is 172 Å². The first-order chi connectivity index (χ1) is 13.3. The molecule has 0 aliphatic heterocycles. The summed E-state index contributed by atoms with van der Waals surface area (Å²) in [6.45, 7) is 6.04. The fraction of sp³-hybridized carbons (Fsp3) is 0.368. The van der Waals surface area contributed by atoms with E-state index in [1.165, 1.54) is 22.7 Å².